The summed E-state index contributed by atoms with van der Waals surface area (Å²) in [4.78, 5) is 47.9. The first-order valence-corrected chi connectivity index (χ1v) is 8.63. The topological polar surface area (TPSA) is 128 Å². The van der Waals surface area contributed by atoms with E-state index in [1.54, 1.807) is 31.3 Å². The van der Waals surface area contributed by atoms with Gasteiger partial charge in [-0.25, -0.2) is 4.79 Å². The first kappa shape index (κ1) is 19.8. The number of nitro benzene ring substituents is 1. The Hall–Kier alpha value is -3.95. The molecule has 1 aromatic heterocycles. The number of hydrogen-bond donors (Lipinski definition) is 1. The van der Waals surface area contributed by atoms with Gasteiger partial charge in [0, 0.05) is 32.3 Å². The predicted molar refractivity (Wildman–Crippen MR) is 104 cm³/mol. The minimum Gasteiger partial charge on any atom is -0.407 e. The summed E-state index contributed by atoms with van der Waals surface area (Å²) in [6, 6.07) is 10.7. The minimum absolute atomic E-state index is 0.0282. The van der Waals surface area contributed by atoms with Crippen LogP contribution in [0, 0.1) is 10.1 Å². The van der Waals surface area contributed by atoms with Crippen LogP contribution in [-0.2, 0) is 22.7 Å². The third-order valence-corrected chi connectivity index (χ3v) is 4.40. The van der Waals surface area contributed by atoms with Crippen LogP contribution in [-0.4, -0.2) is 33.3 Å². The summed E-state index contributed by atoms with van der Waals surface area (Å²) < 4.78 is 6.12. The van der Waals surface area contributed by atoms with E-state index in [-0.39, 0.29) is 29.2 Å². The van der Waals surface area contributed by atoms with Crippen LogP contribution in [0.4, 0.5) is 11.4 Å². The van der Waals surface area contributed by atoms with Crippen LogP contribution in [0.1, 0.15) is 12.5 Å². The highest BCUT2D eigenvalue weighted by Crippen LogP contribution is 2.21. The summed E-state index contributed by atoms with van der Waals surface area (Å²) in [5.41, 5.74) is 1.34. The quantitative estimate of drug-likeness (QED) is 0.500. The van der Waals surface area contributed by atoms with Gasteiger partial charge < -0.3 is 14.6 Å². The lowest BCUT2D eigenvalue weighted by Gasteiger charge is -2.18. The molecule has 3 rings (SSSR count). The Bertz CT molecular complexity index is 1160. The second kappa shape index (κ2) is 7.97. The molecular formula is C19H18N4O6. The minimum atomic E-state index is -0.791. The molecule has 0 aliphatic heterocycles. The van der Waals surface area contributed by atoms with Crippen LogP contribution in [0.15, 0.2) is 51.7 Å². The molecule has 0 spiro atoms. The molecule has 0 aliphatic carbocycles. The number of non-ortho nitro benzene ring substituents is 1. The summed E-state index contributed by atoms with van der Waals surface area (Å²) in [5.74, 6) is -1.39. The standard InChI is InChI=1S/C19H18N4O6/c1-12(24)21(2)10-13-5-3-4-6-15(13)20-18(25)11-22-16-8-7-14(23(27)28)9-17(16)29-19(22)26/h3-9H,10-11H2,1-2H3,(H,20,25). The maximum atomic E-state index is 12.5. The molecule has 150 valence electrons. The summed E-state index contributed by atoms with van der Waals surface area (Å²) in [6.07, 6.45) is 0. The van der Waals surface area contributed by atoms with E-state index in [2.05, 4.69) is 5.32 Å². The number of oxazole rings is 1. The smallest absolute Gasteiger partial charge is 0.407 e. The number of fused-ring (bicyclic) bond motifs is 1. The second-order valence-electron chi connectivity index (χ2n) is 6.44. The number of carbonyl (C=O) groups is 2. The van der Waals surface area contributed by atoms with Crippen LogP contribution in [0.5, 0.6) is 0 Å². The molecular weight excluding hydrogens is 380 g/mol. The molecule has 0 bridgehead atoms. The van der Waals surface area contributed by atoms with E-state index in [1.165, 1.54) is 24.0 Å². The van der Waals surface area contributed by atoms with E-state index in [0.717, 1.165) is 16.2 Å². The van der Waals surface area contributed by atoms with Crippen molar-refractivity contribution in [2.75, 3.05) is 12.4 Å². The van der Waals surface area contributed by atoms with Crippen molar-refractivity contribution in [3.63, 3.8) is 0 Å². The summed E-state index contributed by atoms with van der Waals surface area (Å²) in [5, 5.41) is 13.6. The van der Waals surface area contributed by atoms with Crippen molar-refractivity contribution in [1.82, 2.24) is 9.47 Å². The van der Waals surface area contributed by atoms with Gasteiger partial charge in [-0.05, 0) is 17.7 Å². The van der Waals surface area contributed by atoms with Gasteiger partial charge in [0.1, 0.15) is 6.54 Å². The molecule has 29 heavy (non-hydrogen) atoms. The first-order chi connectivity index (χ1) is 13.8. The average Bonchev–Trinajstić information content (AvgIpc) is 2.97. The van der Waals surface area contributed by atoms with E-state index in [1.807, 2.05) is 0 Å². The van der Waals surface area contributed by atoms with E-state index in [4.69, 9.17) is 4.42 Å². The number of benzene rings is 2. The van der Waals surface area contributed by atoms with Crippen LogP contribution in [0.3, 0.4) is 0 Å². The van der Waals surface area contributed by atoms with Crippen LogP contribution in [0.2, 0.25) is 0 Å². The number of aromatic nitrogens is 1. The Labute approximate surface area is 164 Å². The lowest BCUT2D eigenvalue weighted by Crippen LogP contribution is -2.26. The molecule has 10 nitrogen and oxygen atoms in total. The lowest BCUT2D eigenvalue weighted by atomic mass is 10.1. The third-order valence-electron chi connectivity index (χ3n) is 4.40. The largest absolute Gasteiger partial charge is 0.420 e. The average molecular weight is 398 g/mol. The van der Waals surface area contributed by atoms with Crippen molar-refractivity contribution >= 4 is 34.3 Å². The van der Waals surface area contributed by atoms with Gasteiger partial charge in [-0.15, -0.1) is 0 Å². The monoisotopic (exact) mass is 398 g/mol. The highest BCUT2D eigenvalue weighted by atomic mass is 16.6. The number of para-hydroxylation sites is 1. The number of hydrogen-bond acceptors (Lipinski definition) is 6. The summed E-state index contributed by atoms with van der Waals surface area (Å²) >= 11 is 0. The van der Waals surface area contributed by atoms with Crippen molar-refractivity contribution in [1.29, 1.82) is 0 Å². The molecule has 0 saturated carbocycles. The van der Waals surface area contributed by atoms with E-state index >= 15 is 0 Å². The highest BCUT2D eigenvalue weighted by Gasteiger charge is 2.17. The Morgan fingerprint density at radius 3 is 2.66 bits per heavy atom. The van der Waals surface area contributed by atoms with Crippen molar-refractivity contribution in [3.05, 3.63) is 68.7 Å². The number of rotatable bonds is 6. The molecule has 0 saturated heterocycles. The fourth-order valence-corrected chi connectivity index (χ4v) is 2.80. The fourth-order valence-electron chi connectivity index (χ4n) is 2.80. The highest BCUT2D eigenvalue weighted by molar-refractivity contribution is 5.92. The van der Waals surface area contributed by atoms with Gasteiger partial charge in [0.25, 0.3) is 5.69 Å². The normalized spacial score (nSPS) is 10.7. The zero-order valence-electron chi connectivity index (χ0n) is 15.7. The van der Waals surface area contributed by atoms with Gasteiger partial charge in [-0.1, -0.05) is 18.2 Å². The van der Waals surface area contributed by atoms with Gasteiger partial charge in [0.2, 0.25) is 11.8 Å². The summed E-state index contributed by atoms with van der Waals surface area (Å²) in [7, 11) is 1.65. The van der Waals surface area contributed by atoms with Crippen molar-refractivity contribution in [2.45, 2.75) is 20.0 Å². The van der Waals surface area contributed by atoms with Gasteiger partial charge in [0.15, 0.2) is 5.58 Å². The lowest BCUT2D eigenvalue weighted by molar-refractivity contribution is -0.384. The van der Waals surface area contributed by atoms with E-state index in [9.17, 15) is 24.5 Å². The van der Waals surface area contributed by atoms with Gasteiger partial charge in [-0.3, -0.25) is 24.3 Å². The van der Waals surface area contributed by atoms with Crippen LogP contribution < -0.4 is 11.1 Å². The van der Waals surface area contributed by atoms with E-state index in [0.29, 0.717) is 12.2 Å². The van der Waals surface area contributed by atoms with E-state index < -0.39 is 16.6 Å². The zero-order valence-corrected chi connectivity index (χ0v) is 15.7. The fraction of sp³-hybridized carbons (Fsp3) is 0.211. The number of nitrogens with zero attached hydrogens (tertiary/aromatic N) is 3. The number of nitrogens with one attached hydrogen (secondary N) is 1. The number of carbonyl (C=O) groups excluding carboxylic acids is 2. The number of amides is 2. The Kier molecular flexibility index (Phi) is 5.44. The maximum Gasteiger partial charge on any atom is 0.420 e. The van der Waals surface area contributed by atoms with Gasteiger partial charge >= 0.3 is 5.76 Å². The van der Waals surface area contributed by atoms with Crippen molar-refractivity contribution in [3.8, 4) is 0 Å². The van der Waals surface area contributed by atoms with Crippen LogP contribution in [0.25, 0.3) is 11.1 Å². The molecule has 2 amide bonds. The molecule has 2 aromatic carbocycles. The second-order valence-corrected chi connectivity index (χ2v) is 6.44. The SMILES string of the molecule is CC(=O)N(C)Cc1ccccc1NC(=O)Cn1c(=O)oc2cc([N+](=O)[O-])ccc21. The van der Waals surface area contributed by atoms with Crippen molar-refractivity contribution in [2.24, 2.45) is 0 Å². The zero-order chi connectivity index (χ0) is 21.1. The van der Waals surface area contributed by atoms with Crippen molar-refractivity contribution < 1.29 is 18.9 Å². The molecule has 0 atom stereocenters. The molecule has 1 N–H and O–H groups in total. The van der Waals surface area contributed by atoms with Gasteiger partial charge in [-0.2, -0.15) is 0 Å². The number of nitro groups is 1. The molecule has 0 radical (unpaired) electrons. The Morgan fingerprint density at radius 2 is 1.97 bits per heavy atom. The Morgan fingerprint density at radius 1 is 1.24 bits per heavy atom. The number of anilines is 1. The summed E-state index contributed by atoms with van der Waals surface area (Å²) in [6.45, 7) is 1.42. The molecule has 1 heterocycles. The molecule has 0 unspecified atom stereocenters. The van der Waals surface area contributed by atoms with Crippen LogP contribution >= 0.6 is 0 Å². The molecule has 3 aromatic rings. The first-order valence-electron chi connectivity index (χ1n) is 8.63. The molecule has 0 fully saturated rings. The predicted octanol–water partition coefficient (Wildman–Crippen LogP) is 2.12. The molecule has 10 heteroatoms. The van der Waals surface area contributed by atoms with Gasteiger partial charge in [0.05, 0.1) is 16.5 Å². The third kappa shape index (κ3) is 4.32. The Balaban J connectivity index is 1.82. The maximum absolute atomic E-state index is 12.5. The molecule has 0 aliphatic rings.